The van der Waals surface area contributed by atoms with E-state index in [0.717, 1.165) is 0 Å². The maximum atomic E-state index is 7.63. The Morgan fingerprint density at radius 1 is 0.758 bits per heavy atom. The lowest BCUT2D eigenvalue weighted by atomic mass is 9.92. The summed E-state index contributed by atoms with van der Waals surface area (Å²) in [6, 6.07) is 14.0. The molecule has 0 aromatic heterocycles. The highest BCUT2D eigenvalue weighted by Gasteiger charge is 2.43. The van der Waals surface area contributed by atoms with Gasteiger partial charge in [-0.2, -0.15) is 0 Å². The van der Waals surface area contributed by atoms with Crippen molar-refractivity contribution in [3.8, 4) is 0 Å². The molecule has 2 nitrogen and oxygen atoms in total. The standard InChI is InChI=1S/C29H42ClN2P/c1-18(2)24-13-11-14-25(19(3)4)28(24)31-22(9)17-23(10)32(33(31)30)29-26(20(5)6)15-12-16-27(29)21(7)8/h11-22H,1-10H3/p+1. The van der Waals surface area contributed by atoms with Gasteiger partial charge in [0.1, 0.15) is 11.7 Å². The number of allylic oxidation sites excluding steroid dienone is 1. The normalized spacial score (nSPS) is 21.5. The van der Waals surface area contributed by atoms with E-state index in [9.17, 15) is 0 Å². The number of rotatable bonds is 6. The zero-order valence-electron chi connectivity index (χ0n) is 22.2. The summed E-state index contributed by atoms with van der Waals surface area (Å²) in [6.07, 6.45) is 2.43. The van der Waals surface area contributed by atoms with Crippen molar-refractivity contribution in [1.82, 2.24) is 0 Å². The molecule has 0 bridgehead atoms. The van der Waals surface area contributed by atoms with E-state index in [4.69, 9.17) is 11.2 Å². The molecule has 0 radical (unpaired) electrons. The largest absolute Gasteiger partial charge is 0.326 e. The number of para-hydroxylation sites is 2. The summed E-state index contributed by atoms with van der Waals surface area (Å²) in [5.74, 6) is 1.77. The molecule has 0 aliphatic carbocycles. The molecule has 3 rings (SSSR count). The zero-order valence-corrected chi connectivity index (χ0v) is 23.9. The number of quaternary nitrogens is 1. The molecule has 2 aromatic rings. The van der Waals surface area contributed by atoms with E-state index in [1.807, 2.05) is 0 Å². The summed E-state index contributed by atoms with van der Waals surface area (Å²) in [6.45, 7) is 22.9. The van der Waals surface area contributed by atoms with Crippen LogP contribution in [0.4, 0.5) is 11.4 Å². The molecule has 1 heterocycles. The minimum absolute atomic E-state index is 0.316. The third-order valence-corrected chi connectivity index (χ3v) is 9.71. The first-order valence-corrected chi connectivity index (χ1v) is 14.7. The van der Waals surface area contributed by atoms with Crippen LogP contribution in [0.15, 0.2) is 48.2 Å². The Balaban J connectivity index is 2.28. The molecule has 0 saturated heterocycles. The van der Waals surface area contributed by atoms with Crippen molar-refractivity contribution in [3.63, 3.8) is 0 Å². The number of nitrogens with zero attached hydrogens (tertiary/aromatic N) is 1. The van der Waals surface area contributed by atoms with E-state index in [2.05, 4.69) is 116 Å². The molecule has 4 heteroatoms. The highest BCUT2D eigenvalue weighted by atomic mass is 35.7. The molecule has 3 atom stereocenters. The molecule has 1 aliphatic rings. The van der Waals surface area contributed by atoms with Gasteiger partial charge in [0.05, 0.1) is 5.69 Å². The van der Waals surface area contributed by atoms with Crippen molar-refractivity contribution in [3.05, 3.63) is 70.4 Å². The van der Waals surface area contributed by atoms with Crippen LogP contribution in [-0.4, -0.2) is 6.04 Å². The SMILES string of the molecule is CC1=CC(C)[NH+](c2c(C(C)C)cccc2C(C)C)P(Cl)N1c1c(C(C)C)cccc1C(C)C. The van der Waals surface area contributed by atoms with Gasteiger partial charge in [0.15, 0.2) is 0 Å². The van der Waals surface area contributed by atoms with Gasteiger partial charge in [-0.1, -0.05) is 91.8 Å². The van der Waals surface area contributed by atoms with Crippen molar-refractivity contribution >= 4 is 30.2 Å². The lowest BCUT2D eigenvalue weighted by Gasteiger charge is -2.42. The highest BCUT2D eigenvalue weighted by molar-refractivity contribution is 7.80. The first kappa shape index (κ1) is 26.3. The maximum Gasteiger partial charge on any atom is 0.326 e. The fourth-order valence-electron chi connectivity index (χ4n) is 5.11. The summed E-state index contributed by atoms with van der Waals surface area (Å²) < 4.78 is 3.89. The molecule has 180 valence electrons. The lowest BCUT2D eigenvalue weighted by molar-refractivity contribution is -0.713. The number of halogens is 1. The Kier molecular flexibility index (Phi) is 8.37. The fourth-order valence-corrected chi connectivity index (χ4v) is 8.23. The highest BCUT2D eigenvalue weighted by Crippen LogP contribution is 2.52. The summed E-state index contributed by atoms with van der Waals surface area (Å²) in [7, 11) is -1.06. The first-order chi connectivity index (χ1) is 15.5. The van der Waals surface area contributed by atoms with Crippen LogP contribution in [0.3, 0.4) is 0 Å². The molecule has 0 spiro atoms. The molecule has 0 fully saturated rings. The van der Waals surface area contributed by atoms with E-state index < -0.39 is 7.58 Å². The van der Waals surface area contributed by atoms with Crippen LogP contribution in [0.5, 0.6) is 0 Å². The zero-order chi connectivity index (χ0) is 24.6. The van der Waals surface area contributed by atoms with E-state index in [1.165, 1.54) is 44.0 Å². The van der Waals surface area contributed by atoms with Gasteiger partial charge in [-0.3, -0.25) is 9.34 Å². The average molecular weight is 486 g/mol. The minimum Gasteiger partial charge on any atom is -0.263 e. The third kappa shape index (κ3) is 5.04. The lowest BCUT2D eigenvalue weighted by Crippen LogP contribution is -3.06. The Labute approximate surface area is 208 Å². The van der Waals surface area contributed by atoms with Gasteiger partial charge in [0.2, 0.25) is 0 Å². The first-order valence-electron chi connectivity index (χ1n) is 12.5. The van der Waals surface area contributed by atoms with E-state index in [0.29, 0.717) is 29.7 Å². The maximum absolute atomic E-state index is 7.63. The Hall–Kier alpha value is -1.34. The predicted octanol–water partition coefficient (Wildman–Crippen LogP) is 8.97. The third-order valence-electron chi connectivity index (χ3n) is 6.81. The monoisotopic (exact) mass is 485 g/mol. The van der Waals surface area contributed by atoms with Crippen LogP contribution in [-0.2, 0) is 0 Å². The molecule has 3 unspecified atom stereocenters. The van der Waals surface area contributed by atoms with Crippen LogP contribution in [0.25, 0.3) is 0 Å². The van der Waals surface area contributed by atoms with Crippen LogP contribution in [0.2, 0.25) is 0 Å². The Bertz CT molecular complexity index is 956. The van der Waals surface area contributed by atoms with Gasteiger partial charge >= 0.3 is 7.58 Å². The van der Waals surface area contributed by atoms with Gasteiger partial charge in [-0.25, -0.2) is 0 Å². The smallest absolute Gasteiger partial charge is 0.263 e. The Morgan fingerprint density at radius 2 is 1.15 bits per heavy atom. The van der Waals surface area contributed by atoms with Gasteiger partial charge in [0, 0.05) is 16.8 Å². The molecule has 1 N–H and O–H groups in total. The molecule has 33 heavy (non-hydrogen) atoms. The molecule has 0 amide bonds. The number of hydrogen-bond donors (Lipinski definition) is 1. The topological polar surface area (TPSA) is 7.68 Å². The summed E-state index contributed by atoms with van der Waals surface area (Å²) in [4.78, 5) is 0. The summed E-state index contributed by atoms with van der Waals surface area (Å²) in [5.41, 5.74) is 9.63. The van der Waals surface area contributed by atoms with E-state index in [1.54, 1.807) is 0 Å². The van der Waals surface area contributed by atoms with Crippen molar-refractivity contribution in [2.45, 2.75) is 99.0 Å². The van der Waals surface area contributed by atoms with Gasteiger partial charge in [-0.05, 0) is 66.0 Å². The minimum atomic E-state index is -1.06. The van der Waals surface area contributed by atoms with Crippen molar-refractivity contribution in [2.24, 2.45) is 0 Å². The van der Waals surface area contributed by atoms with Crippen molar-refractivity contribution < 1.29 is 4.67 Å². The predicted molar refractivity (Wildman–Crippen MR) is 148 cm³/mol. The second-order valence-electron chi connectivity index (χ2n) is 10.8. The second kappa shape index (κ2) is 10.5. The number of nitrogens with one attached hydrogen (secondary N) is 1. The van der Waals surface area contributed by atoms with Crippen LogP contribution in [0.1, 0.15) is 115 Å². The van der Waals surface area contributed by atoms with Gasteiger partial charge in [0.25, 0.3) is 0 Å². The van der Waals surface area contributed by atoms with Gasteiger partial charge < -0.3 is 0 Å². The molecule has 2 aromatic carbocycles. The van der Waals surface area contributed by atoms with Crippen molar-refractivity contribution in [2.75, 3.05) is 4.67 Å². The Morgan fingerprint density at radius 3 is 1.55 bits per heavy atom. The van der Waals surface area contributed by atoms with Gasteiger partial charge in [-0.15, -0.1) is 0 Å². The number of hydrogen-bond acceptors (Lipinski definition) is 1. The molecule has 1 aliphatic heterocycles. The fraction of sp³-hybridized carbons (Fsp3) is 0.517. The summed E-state index contributed by atoms with van der Waals surface area (Å²) in [5, 5.41) is 0. The number of anilines is 1. The van der Waals surface area contributed by atoms with E-state index in [-0.39, 0.29) is 0 Å². The molecule has 0 saturated carbocycles. The average Bonchev–Trinajstić information content (AvgIpc) is 2.72. The molecular weight excluding hydrogens is 443 g/mol. The number of benzene rings is 2. The summed E-state index contributed by atoms with van der Waals surface area (Å²) >= 11 is 7.63. The van der Waals surface area contributed by atoms with E-state index >= 15 is 0 Å². The van der Waals surface area contributed by atoms with Crippen molar-refractivity contribution in [1.29, 1.82) is 0 Å². The van der Waals surface area contributed by atoms with Crippen LogP contribution in [0, 0.1) is 0 Å². The van der Waals surface area contributed by atoms with Crippen LogP contribution < -0.4 is 9.34 Å². The second-order valence-corrected chi connectivity index (χ2v) is 13.1. The quantitative estimate of drug-likeness (QED) is 0.401. The van der Waals surface area contributed by atoms with Crippen LogP contribution >= 0.6 is 18.8 Å². The molecular formula is C29H43ClN2P+.